The number of carbonyl (C=O) groups excluding carboxylic acids is 2. The molecule has 0 unspecified atom stereocenters. The van der Waals surface area contributed by atoms with Gasteiger partial charge in [-0.1, -0.05) is 59.1 Å². The van der Waals surface area contributed by atoms with Crippen molar-refractivity contribution in [3.05, 3.63) is 79.7 Å². The number of thiazole rings is 1. The second-order valence-corrected chi connectivity index (χ2v) is 7.98. The molecule has 2 aromatic carbocycles. The van der Waals surface area contributed by atoms with Crippen molar-refractivity contribution in [2.45, 2.75) is 6.92 Å². The summed E-state index contributed by atoms with van der Waals surface area (Å²) >= 11 is 13.2. The van der Waals surface area contributed by atoms with Gasteiger partial charge in [-0.25, -0.2) is 9.88 Å². The monoisotopic (exact) mass is 414 g/mol. The van der Waals surface area contributed by atoms with Gasteiger partial charge in [-0.3, -0.25) is 9.59 Å². The van der Waals surface area contributed by atoms with Crippen molar-refractivity contribution in [3.8, 4) is 0 Å². The summed E-state index contributed by atoms with van der Waals surface area (Å²) in [4.78, 5) is 32.0. The number of hydrogen-bond donors (Lipinski definition) is 0. The number of nitrogens with zero attached hydrogens (tertiary/aromatic N) is 2. The average Bonchev–Trinajstić information content (AvgIpc) is 2.97. The Balaban J connectivity index is 1.91. The normalized spacial score (nSPS) is 15.4. The van der Waals surface area contributed by atoms with Gasteiger partial charge in [0.15, 0.2) is 4.47 Å². The van der Waals surface area contributed by atoms with Gasteiger partial charge in [-0.2, -0.15) is 0 Å². The minimum absolute atomic E-state index is 0.224. The van der Waals surface area contributed by atoms with E-state index in [1.807, 2.05) is 19.1 Å². The number of carbonyl (C=O) groups is 2. The topological polar surface area (TPSA) is 50.3 Å². The van der Waals surface area contributed by atoms with Crippen LogP contribution in [-0.4, -0.2) is 16.8 Å². The lowest BCUT2D eigenvalue weighted by Crippen LogP contribution is -2.41. The molecule has 3 aromatic rings. The highest BCUT2D eigenvalue weighted by atomic mass is 35.5. The zero-order valence-corrected chi connectivity index (χ0v) is 16.4. The Morgan fingerprint density at radius 2 is 1.63 bits per heavy atom. The molecule has 0 fully saturated rings. The third-order valence-electron chi connectivity index (χ3n) is 4.24. The Labute approximate surface area is 169 Å². The van der Waals surface area contributed by atoms with Crippen LogP contribution >= 0.6 is 34.5 Å². The molecule has 0 aliphatic carbocycles. The lowest BCUT2D eigenvalue weighted by Gasteiger charge is -2.28. The van der Waals surface area contributed by atoms with Crippen molar-refractivity contribution in [2.24, 2.45) is 0 Å². The Morgan fingerprint density at radius 1 is 0.963 bits per heavy atom. The number of halogens is 2. The molecule has 1 aliphatic heterocycles. The van der Waals surface area contributed by atoms with Crippen LogP contribution < -0.4 is 4.90 Å². The van der Waals surface area contributed by atoms with Crippen LogP contribution in [0.15, 0.2) is 48.5 Å². The van der Waals surface area contributed by atoms with E-state index in [-0.39, 0.29) is 15.5 Å². The predicted molar refractivity (Wildman–Crippen MR) is 109 cm³/mol. The summed E-state index contributed by atoms with van der Waals surface area (Å²) in [6.07, 6.45) is 1.64. The molecule has 0 N–H and O–H groups in total. The van der Waals surface area contributed by atoms with Crippen LogP contribution in [-0.2, 0) is 4.79 Å². The lowest BCUT2D eigenvalue weighted by molar-refractivity contribution is -0.112. The fourth-order valence-corrected chi connectivity index (χ4v) is 4.24. The van der Waals surface area contributed by atoms with E-state index in [4.69, 9.17) is 23.2 Å². The Hall–Kier alpha value is -2.47. The number of aromatic nitrogens is 1. The zero-order chi connectivity index (χ0) is 19.1. The van der Waals surface area contributed by atoms with Crippen molar-refractivity contribution in [1.29, 1.82) is 0 Å². The third kappa shape index (κ3) is 3.18. The number of fused-ring (bicyclic) bond motifs is 1. The summed E-state index contributed by atoms with van der Waals surface area (Å²) in [6.45, 7) is 1.94. The van der Waals surface area contributed by atoms with Gasteiger partial charge in [0.2, 0.25) is 0 Å². The smallest absolute Gasteiger partial charge is 0.266 e. The van der Waals surface area contributed by atoms with Gasteiger partial charge in [0.05, 0.1) is 10.6 Å². The van der Waals surface area contributed by atoms with Crippen molar-refractivity contribution in [2.75, 3.05) is 4.90 Å². The summed E-state index contributed by atoms with van der Waals surface area (Å²) in [5.74, 6) is -0.770. The molecule has 27 heavy (non-hydrogen) atoms. The molecule has 1 aromatic heterocycles. The van der Waals surface area contributed by atoms with Gasteiger partial charge in [0, 0.05) is 16.7 Å². The maximum Gasteiger partial charge on any atom is 0.266 e. The van der Waals surface area contributed by atoms with Crippen molar-refractivity contribution < 1.29 is 9.59 Å². The predicted octanol–water partition coefficient (Wildman–Crippen LogP) is 5.49. The standard InChI is InChI=1S/C20H12Cl2N2O2S/c1-11-6-8-12(9-7-11)24-18(25)14-5-3-2-4-13(14)15(19(24)26)10-16-17(21)23-20(22)27-16/h2-10H,1H3/b15-10+. The van der Waals surface area contributed by atoms with Crippen molar-refractivity contribution >= 4 is 63.7 Å². The van der Waals surface area contributed by atoms with Gasteiger partial charge in [0.25, 0.3) is 11.8 Å². The van der Waals surface area contributed by atoms with Gasteiger partial charge < -0.3 is 0 Å². The van der Waals surface area contributed by atoms with Crippen molar-refractivity contribution in [3.63, 3.8) is 0 Å². The van der Waals surface area contributed by atoms with E-state index in [1.54, 1.807) is 42.5 Å². The largest absolute Gasteiger partial charge is 0.268 e. The van der Waals surface area contributed by atoms with Gasteiger partial charge in [-0.15, -0.1) is 11.3 Å². The minimum atomic E-state index is -0.414. The van der Waals surface area contributed by atoms with Crippen LogP contribution in [0.2, 0.25) is 9.62 Å². The highest BCUT2D eigenvalue weighted by Crippen LogP contribution is 2.36. The molecule has 0 atom stereocenters. The summed E-state index contributed by atoms with van der Waals surface area (Å²) in [5.41, 5.74) is 2.95. The van der Waals surface area contributed by atoms with E-state index in [2.05, 4.69) is 4.98 Å². The van der Waals surface area contributed by atoms with Gasteiger partial charge in [0.1, 0.15) is 5.15 Å². The first kappa shape index (κ1) is 17.9. The third-order valence-corrected chi connectivity index (χ3v) is 5.74. The molecule has 0 spiro atoms. The fraction of sp³-hybridized carbons (Fsp3) is 0.0500. The van der Waals surface area contributed by atoms with E-state index in [0.717, 1.165) is 5.56 Å². The molecule has 2 heterocycles. The molecule has 0 radical (unpaired) electrons. The molecule has 0 saturated carbocycles. The average molecular weight is 415 g/mol. The number of benzene rings is 2. The number of aryl methyl sites for hydroxylation is 1. The number of imide groups is 1. The zero-order valence-electron chi connectivity index (χ0n) is 14.1. The Kier molecular flexibility index (Phi) is 4.60. The molecule has 2 amide bonds. The molecule has 0 saturated heterocycles. The number of anilines is 1. The molecule has 1 aliphatic rings. The summed E-state index contributed by atoms with van der Waals surface area (Å²) in [5, 5.41) is 0.224. The molecule has 4 nitrogen and oxygen atoms in total. The van der Waals surface area contributed by atoms with Crippen LogP contribution in [0.4, 0.5) is 5.69 Å². The van der Waals surface area contributed by atoms with Crippen LogP contribution in [0.25, 0.3) is 11.6 Å². The summed E-state index contributed by atoms with van der Waals surface area (Å²) in [6, 6.07) is 14.3. The minimum Gasteiger partial charge on any atom is -0.268 e. The SMILES string of the molecule is Cc1ccc(N2C(=O)/C(=C/c3sc(Cl)nc3Cl)c3ccccc3C2=O)cc1. The first-order chi connectivity index (χ1) is 13.0. The number of hydrogen-bond acceptors (Lipinski definition) is 4. The van der Waals surface area contributed by atoms with Crippen LogP contribution in [0.1, 0.15) is 26.4 Å². The van der Waals surface area contributed by atoms with E-state index in [1.165, 1.54) is 16.2 Å². The fourth-order valence-electron chi connectivity index (χ4n) is 2.93. The van der Waals surface area contributed by atoms with E-state index in [9.17, 15) is 9.59 Å². The van der Waals surface area contributed by atoms with Gasteiger partial charge in [-0.05, 0) is 31.2 Å². The van der Waals surface area contributed by atoms with E-state index < -0.39 is 5.91 Å². The van der Waals surface area contributed by atoms with Gasteiger partial charge >= 0.3 is 0 Å². The molecule has 7 heteroatoms. The highest BCUT2D eigenvalue weighted by Gasteiger charge is 2.35. The molecular weight excluding hydrogens is 403 g/mol. The first-order valence-electron chi connectivity index (χ1n) is 8.04. The highest BCUT2D eigenvalue weighted by molar-refractivity contribution is 7.17. The van der Waals surface area contributed by atoms with Crippen LogP contribution in [0, 0.1) is 6.92 Å². The Bertz CT molecular complexity index is 1100. The first-order valence-corrected chi connectivity index (χ1v) is 9.61. The quantitative estimate of drug-likeness (QED) is 0.411. The maximum atomic E-state index is 13.3. The molecule has 0 bridgehead atoms. The second kappa shape index (κ2) is 6.93. The summed E-state index contributed by atoms with van der Waals surface area (Å²) < 4.78 is 0.287. The molecule has 134 valence electrons. The van der Waals surface area contributed by atoms with Crippen LogP contribution in [0.5, 0.6) is 0 Å². The van der Waals surface area contributed by atoms with Crippen LogP contribution in [0.3, 0.4) is 0 Å². The lowest BCUT2D eigenvalue weighted by atomic mass is 9.92. The van der Waals surface area contributed by atoms with E-state index in [0.29, 0.717) is 27.3 Å². The van der Waals surface area contributed by atoms with E-state index >= 15 is 0 Å². The molecule has 4 rings (SSSR count). The van der Waals surface area contributed by atoms with Crippen molar-refractivity contribution in [1.82, 2.24) is 4.98 Å². The Morgan fingerprint density at radius 3 is 2.26 bits per heavy atom. The number of amides is 2. The maximum absolute atomic E-state index is 13.3. The summed E-state index contributed by atoms with van der Waals surface area (Å²) in [7, 11) is 0. The number of rotatable bonds is 2. The second-order valence-electron chi connectivity index (χ2n) is 6.01. The molecular formula is C20H12Cl2N2O2S.